The van der Waals surface area contributed by atoms with E-state index < -0.39 is 0 Å². The zero-order valence-electron chi connectivity index (χ0n) is 13.7. The van der Waals surface area contributed by atoms with Crippen molar-refractivity contribution in [2.24, 2.45) is 0 Å². The van der Waals surface area contributed by atoms with Gasteiger partial charge in [0.2, 0.25) is 0 Å². The maximum absolute atomic E-state index is 9.23. The van der Waals surface area contributed by atoms with Crippen LogP contribution in [-0.4, -0.2) is 36.8 Å². The van der Waals surface area contributed by atoms with Crippen molar-refractivity contribution in [2.45, 2.75) is 0 Å². The van der Waals surface area contributed by atoms with Gasteiger partial charge in [-0.1, -0.05) is 23.5 Å². The maximum Gasteiger partial charge on any atom is 0.257 e. The van der Waals surface area contributed by atoms with Crippen molar-refractivity contribution >= 4 is 54.9 Å². The van der Waals surface area contributed by atoms with Crippen LogP contribution in [0.15, 0.2) is 48.8 Å². The van der Waals surface area contributed by atoms with E-state index in [-0.39, 0.29) is 0 Å². The molecule has 0 aliphatic carbocycles. The van der Waals surface area contributed by atoms with Crippen LogP contribution in [-0.2, 0) is 0 Å². The smallest absolute Gasteiger partial charge is 0.257 e. The third-order valence-electron chi connectivity index (χ3n) is 4.25. The second-order valence-corrected chi connectivity index (χ2v) is 6.81. The standard InChI is InChI=1S/C17H13N7OS/c1-23(17-19-12-4-2-3-5-14(12)26-17)15-11-7-6-10(22-25)8-13(11)24-9-18-21-16(24)20-15/h2-9,22,25H,1H3. The Morgan fingerprint density at radius 3 is 2.88 bits per heavy atom. The molecule has 8 nitrogen and oxygen atoms in total. The highest BCUT2D eigenvalue weighted by Gasteiger charge is 2.17. The summed E-state index contributed by atoms with van der Waals surface area (Å²) in [4.78, 5) is 11.3. The van der Waals surface area contributed by atoms with E-state index in [1.165, 1.54) is 0 Å². The lowest BCUT2D eigenvalue weighted by Crippen LogP contribution is -2.12. The quantitative estimate of drug-likeness (QED) is 0.474. The van der Waals surface area contributed by atoms with Gasteiger partial charge in [0.05, 0.1) is 21.4 Å². The Morgan fingerprint density at radius 1 is 1.15 bits per heavy atom. The molecule has 0 aliphatic rings. The van der Waals surface area contributed by atoms with E-state index in [1.54, 1.807) is 28.1 Å². The number of fused-ring (bicyclic) bond motifs is 4. The Morgan fingerprint density at radius 2 is 2.04 bits per heavy atom. The number of hydrogen-bond donors (Lipinski definition) is 2. The van der Waals surface area contributed by atoms with Crippen LogP contribution < -0.4 is 10.4 Å². The van der Waals surface area contributed by atoms with Crippen molar-refractivity contribution in [3.63, 3.8) is 0 Å². The summed E-state index contributed by atoms with van der Waals surface area (Å²) in [5, 5.41) is 19.0. The van der Waals surface area contributed by atoms with E-state index in [4.69, 9.17) is 4.98 Å². The van der Waals surface area contributed by atoms with Gasteiger partial charge in [-0.15, -0.1) is 10.2 Å². The van der Waals surface area contributed by atoms with Gasteiger partial charge in [0.25, 0.3) is 5.78 Å². The number of para-hydroxylation sites is 1. The van der Waals surface area contributed by atoms with E-state index in [2.05, 4.69) is 26.7 Å². The second kappa shape index (κ2) is 5.61. The predicted octanol–water partition coefficient (Wildman–Crippen LogP) is 3.46. The molecule has 0 unspecified atom stereocenters. The molecule has 0 amide bonds. The minimum absolute atomic E-state index is 0.482. The lowest BCUT2D eigenvalue weighted by molar-refractivity contribution is 0.389. The molecule has 0 saturated carbocycles. The van der Waals surface area contributed by atoms with Gasteiger partial charge in [-0.05, 0) is 30.3 Å². The molecule has 0 spiro atoms. The summed E-state index contributed by atoms with van der Waals surface area (Å²) in [5.74, 6) is 1.21. The van der Waals surface area contributed by atoms with Crippen molar-refractivity contribution in [3.8, 4) is 0 Å². The molecule has 3 heterocycles. The zero-order chi connectivity index (χ0) is 17.7. The summed E-state index contributed by atoms with van der Waals surface area (Å²) in [6.07, 6.45) is 1.60. The maximum atomic E-state index is 9.23. The molecule has 9 heteroatoms. The minimum Gasteiger partial charge on any atom is -0.305 e. The Labute approximate surface area is 151 Å². The third kappa shape index (κ3) is 2.18. The molecule has 26 heavy (non-hydrogen) atoms. The average molecular weight is 363 g/mol. The Hall–Kier alpha value is -3.30. The normalized spacial score (nSPS) is 11.5. The van der Waals surface area contributed by atoms with Gasteiger partial charge in [0.1, 0.15) is 12.1 Å². The molecular weight excluding hydrogens is 350 g/mol. The van der Waals surface area contributed by atoms with E-state index >= 15 is 0 Å². The van der Waals surface area contributed by atoms with Crippen LogP contribution >= 0.6 is 11.3 Å². The number of thiazole rings is 1. The van der Waals surface area contributed by atoms with Gasteiger partial charge in [0.15, 0.2) is 5.13 Å². The monoisotopic (exact) mass is 363 g/mol. The molecule has 0 atom stereocenters. The average Bonchev–Trinajstić information content (AvgIpc) is 3.32. The first-order chi connectivity index (χ1) is 12.7. The first kappa shape index (κ1) is 15.0. The van der Waals surface area contributed by atoms with E-state index in [0.717, 1.165) is 32.1 Å². The number of rotatable bonds is 3. The summed E-state index contributed by atoms with van der Waals surface area (Å²) in [6, 6.07) is 13.5. The number of nitrogens with zero attached hydrogens (tertiary/aromatic N) is 6. The molecule has 2 aromatic carbocycles. The Kier molecular flexibility index (Phi) is 3.24. The second-order valence-electron chi connectivity index (χ2n) is 5.80. The molecule has 0 aliphatic heterocycles. The van der Waals surface area contributed by atoms with Crippen LogP contribution in [0.1, 0.15) is 0 Å². The fourth-order valence-corrected chi connectivity index (χ4v) is 3.90. The summed E-state index contributed by atoms with van der Waals surface area (Å²) in [7, 11) is 1.94. The first-order valence-corrected chi connectivity index (χ1v) is 8.69. The van der Waals surface area contributed by atoms with Crippen molar-refractivity contribution in [1.82, 2.24) is 24.6 Å². The third-order valence-corrected chi connectivity index (χ3v) is 5.36. The van der Waals surface area contributed by atoms with Gasteiger partial charge < -0.3 is 4.90 Å². The summed E-state index contributed by atoms with van der Waals surface area (Å²) < 4.78 is 2.90. The van der Waals surface area contributed by atoms with Gasteiger partial charge in [0, 0.05) is 12.4 Å². The van der Waals surface area contributed by atoms with Crippen LogP contribution in [0.3, 0.4) is 0 Å². The fourth-order valence-electron chi connectivity index (χ4n) is 2.97. The zero-order valence-corrected chi connectivity index (χ0v) is 14.5. The van der Waals surface area contributed by atoms with Crippen LogP contribution in [0.4, 0.5) is 16.6 Å². The lowest BCUT2D eigenvalue weighted by Gasteiger charge is -2.17. The number of nitrogens with one attached hydrogen (secondary N) is 1. The largest absolute Gasteiger partial charge is 0.305 e. The van der Waals surface area contributed by atoms with Crippen molar-refractivity contribution in [2.75, 3.05) is 17.4 Å². The molecule has 0 bridgehead atoms. The molecule has 0 radical (unpaired) electrons. The predicted molar refractivity (Wildman–Crippen MR) is 101 cm³/mol. The van der Waals surface area contributed by atoms with Crippen LogP contribution in [0, 0.1) is 0 Å². The molecule has 5 aromatic rings. The van der Waals surface area contributed by atoms with Crippen LogP contribution in [0.25, 0.3) is 26.9 Å². The van der Waals surface area contributed by atoms with Gasteiger partial charge in [-0.25, -0.2) is 4.98 Å². The Bertz CT molecular complexity index is 1230. The SMILES string of the molecule is CN(c1nc2ccccc2s1)c1nc2nncn2c2cc(NO)ccc12. The van der Waals surface area contributed by atoms with Crippen molar-refractivity contribution < 1.29 is 5.21 Å². The van der Waals surface area contributed by atoms with Crippen molar-refractivity contribution in [3.05, 3.63) is 48.8 Å². The first-order valence-electron chi connectivity index (χ1n) is 7.87. The molecule has 0 fully saturated rings. The molecular formula is C17H13N7OS. The van der Waals surface area contributed by atoms with Gasteiger partial charge in [-0.3, -0.25) is 15.1 Å². The highest BCUT2D eigenvalue weighted by atomic mass is 32.1. The van der Waals surface area contributed by atoms with E-state index in [1.807, 2.05) is 42.3 Å². The molecule has 5 rings (SSSR count). The summed E-state index contributed by atoms with van der Waals surface area (Å²) >= 11 is 1.60. The summed E-state index contributed by atoms with van der Waals surface area (Å²) in [6.45, 7) is 0. The minimum atomic E-state index is 0.482. The van der Waals surface area contributed by atoms with Gasteiger partial charge >= 0.3 is 0 Å². The number of benzene rings is 2. The number of aromatic nitrogens is 5. The molecule has 128 valence electrons. The van der Waals surface area contributed by atoms with Crippen LogP contribution in [0.5, 0.6) is 0 Å². The molecule has 0 saturated heterocycles. The highest BCUT2D eigenvalue weighted by Crippen LogP contribution is 2.35. The lowest BCUT2D eigenvalue weighted by atomic mass is 10.2. The number of anilines is 3. The van der Waals surface area contributed by atoms with E-state index in [9.17, 15) is 5.21 Å². The van der Waals surface area contributed by atoms with E-state index in [0.29, 0.717) is 11.5 Å². The molecule has 3 aromatic heterocycles. The Balaban J connectivity index is 1.76. The number of hydrogen-bond acceptors (Lipinski definition) is 8. The van der Waals surface area contributed by atoms with Gasteiger partial charge in [-0.2, -0.15) is 4.98 Å². The molecule has 2 N–H and O–H groups in total. The fraction of sp³-hybridized carbons (Fsp3) is 0.0588. The van der Waals surface area contributed by atoms with Crippen LogP contribution in [0.2, 0.25) is 0 Å². The topological polar surface area (TPSA) is 91.5 Å². The highest BCUT2D eigenvalue weighted by molar-refractivity contribution is 7.22. The summed E-state index contributed by atoms with van der Waals surface area (Å²) in [5.41, 5.74) is 4.54. The van der Waals surface area contributed by atoms with Crippen molar-refractivity contribution in [1.29, 1.82) is 0 Å².